The fourth-order valence-electron chi connectivity index (χ4n) is 2.50. The summed E-state index contributed by atoms with van der Waals surface area (Å²) < 4.78 is 5.75. The highest BCUT2D eigenvalue weighted by molar-refractivity contribution is 8.00. The predicted octanol–water partition coefficient (Wildman–Crippen LogP) is 3.60. The minimum Gasteiger partial charge on any atom is -0.365 e. The van der Waals surface area contributed by atoms with Crippen molar-refractivity contribution in [3.63, 3.8) is 0 Å². The van der Waals surface area contributed by atoms with Gasteiger partial charge in [0, 0.05) is 5.25 Å². The highest BCUT2D eigenvalue weighted by Gasteiger charge is 2.30. The molecule has 1 heterocycles. The lowest BCUT2D eigenvalue weighted by Gasteiger charge is -2.36. The van der Waals surface area contributed by atoms with Gasteiger partial charge in [-0.2, -0.15) is 0 Å². The molecule has 4 atom stereocenters. The summed E-state index contributed by atoms with van der Waals surface area (Å²) in [6.07, 6.45) is 10.3. The molecule has 0 saturated carbocycles. The summed E-state index contributed by atoms with van der Waals surface area (Å²) in [5.74, 6) is 0.902. The molecule has 2 rings (SSSR count). The first-order valence-corrected chi connectivity index (χ1v) is 6.66. The van der Waals surface area contributed by atoms with E-state index < -0.39 is 0 Å². The Hall–Kier alpha value is 0.0500. The van der Waals surface area contributed by atoms with E-state index in [1.54, 1.807) is 0 Å². The molecule has 0 aromatic heterocycles. The van der Waals surface area contributed by atoms with Crippen LogP contribution in [0.3, 0.4) is 0 Å². The summed E-state index contributed by atoms with van der Waals surface area (Å²) in [6.45, 7) is 4.40. The Morgan fingerprint density at radius 2 is 2.14 bits per heavy atom. The summed E-state index contributed by atoms with van der Waals surface area (Å²) >= 11 is 2.04. The molecule has 1 saturated heterocycles. The standard InChI is InChI=1S/C12H20OS/c1-9-8-12(14-10(2)13-9)11-6-4-3-5-7-11/h3-4,9-12H,5-8H2,1-2H3. The van der Waals surface area contributed by atoms with Crippen LogP contribution in [0.1, 0.15) is 39.5 Å². The molecular weight excluding hydrogens is 192 g/mol. The van der Waals surface area contributed by atoms with Gasteiger partial charge in [-0.15, -0.1) is 11.8 Å². The molecule has 2 heteroatoms. The topological polar surface area (TPSA) is 9.23 Å². The Morgan fingerprint density at radius 1 is 1.29 bits per heavy atom. The second-order valence-corrected chi connectivity index (χ2v) is 6.01. The summed E-state index contributed by atoms with van der Waals surface area (Å²) in [5, 5.41) is 0.832. The first-order valence-electron chi connectivity index (χ1n) is 5.71. The Labute approximate surface area is 91.3 Å². The van der Waals surface area contributed by atoms with Crippen LogP contribution >= 0.6 is 11.8 Å². The molecule has 0 radical (unpaired) electrons. The Morgan fingerprint density at radius 3 is 2.79 bits per heavy atom. The highest BCUT2D eigenvalue weighted by Crippen LogP contribution is 2.39. The van der Waals surface area contributed by atoms with Gasteiger partial charge in [0.25, 0.3) is 0 Å². The Balaban J connectivity index is 1.92. The molecule has 0 spiro atoms. The van der Waals surface area contributed by atoms with E-state index in [0.29, 0.717) is 11.5 Å². The maximum atomic E-state index is 5.75. The van der Waals surface area contributed by atoms with Crippen molar-refractivity contribution in [3.8, 4) is 0 Å². The monoisotopic (exact) mass is 212 g/mol. The summed E-state index contributed by atoms with van der Waals surface area (Å²) in [6, 6.07) is 0. The van der Waals surface area contributed by atoms with Crippen LogP contribution in [0.2, 0.25) is 0 Å². The zero-order chi connectivity index (χ0) is 9.97. The van der Waals surface area contributed by atoms with Crippen molar-refractivity contribution >= 4 is 11.8 Å². The van der Waals surface area contributed by atoms with E-state index in [1.807, 2.05) is 11.8 Å². The number of hydrogen-bond acceptors (Lipinski definition) is 2. The number of allylic oxidation sites excluding steroid dienone is 2. The molecule has 0 N–H and O–H groups in total. The summed E-state index contributed by atoms with van der Waals surface area (Å²) in [5.41, 5.74) is 0.398. The quantitative estimate of drug-likeness (QED) is 0.614. The smallest absolute Gasteiger partial charge is 0.101 e. The van der Waals surface area contributed by atoms with Gasteiger partial charge in [-0.1, -0.05) is 12.2 Å². The van der Waals surface area contributed by atoms with E-state index in [4.69, 9.17) is 4.74 Å². The van der Waals surface area contributed by atoms with Gasteiger partial charge in [0.1, 0.15) is 5.44 Å². The fourth-order valence-corrected chi connectivity index (χ4v) is 4.10. The largest absolute Gasteiger partial charge is 0.365 e. The van der Waals surface area contributed by atoms with E-state index in [2.05, 4.69) is 26.0 Å². The molecule has 14 heavy (non-hydrogen) atoms. The lowest BCUT2D eigenvalue weighted by atomic mass is 9.89. The molecule has 1 aliphatic heterocycles. The van der Waals surface area contributed by atoms with Crippen molar-refractivity contribution in [1.29, 1.82) is 0 Å². The van der Waals surface area contributed by atoms with E-state index in [-0.39, 0.29) is 0 Å². The normalized spacial score (nSPS) is 43.9. The van der Waals surface area contributed by atoms with Crippen LogP contribution in [0.15, 0.2) is 12.2 Å². The zero-order valence-electron chi connectivity index (χ0n) is 9.11. The van der Waals surface area contributed by atoms with Gasteiger partial charge in [0.15, 0.2) is 0 Å². The van der Waals surface area contributed by atoms with E-state index in [0.717, 1.165) is 11.2 Å². The van der Waals surface area contributed by atoms with Crippen molar-refractivity contribution in [2.45, 2.75) is 56.3 Å². The molecular formula is C12H20OS. The molecule has 1 nitrogen and oxygen atoms in total. The summed E-state index contributed by atoms with van der Waals surface area (Å²) in [7, 11) is 0. The first-order chi connectivity index (χ1) is 6.75. The SMILES string of the molecule is CC1CC(C2CC=CCC2)SC(C)O1. The van der Waals surface area contributed by atoms with Crippen LogP contribution < -0.4 is 0 Å². The van der Waals surface area contributed by atoms with Crippen molar-refractivity contribution in [2.75, 3.05) is 0 Å². The molecule has 0 bridgehead atoms. The third-order valence-electron chi connectivity index (χ3n) is 3.19. The molecule has 80 valence electrons. The third kappa shape index (κ3) is 2.54. The van der Waals surface area contributed by atoms with Gasteiger partial charge in [-0.05, 0) is 45.4 Å². The Kier molecular flexibility index (Phi) is 3.56. The number of hydrogen-bond donors (Lipinski definition) is 0. The van der Waals surface area contributed by atoms with Crippen molar-refractivity contribution in [1.82, 2.24) is 0 Å². The average Bonchev–Trinajstić information content (AvgIpc) is 2.18. The van der Waals surface area contributed by atoms with Crippen LogP contribution in [-0.4, -0.2) is 16.8 Å². The Bertz CT molecular complexity index is 204. The molecule has 2 aliphatic rings. The summed E-state index contributed by atoms with van der Waals surface area (Å²) in [4.78, 5) is 0. The van der Waals surface area contributed by atoms with Gasteiger partial charge in [0.2, 0.25) is 0 Å². The number of thioether (sulfide) groups is 1. The molecule has 0 amide bonds. The van der Waals surface area contributed by atoms with Crippen LogP contribution in [0.25, 0.3) is 0 Å². The fraction of sp³-hybridized carbons (Fsp3) is 0.833. The molecule has 4 unspecified atom stereocenters. The van der Waals surface area contributed by atoms with Gasteiger partial charge in [-0.3, -0.25) is 0 Å². The maximum Gasteiger partial charge on any atom is 0.101 e. The van der Waals surface area contributed by atoms with Crippen molar-refractivity contribution < 1.29 is 4.74 Å². The maximum absolute atomic E-state index is 5.75. The molecule has 1 aliphatic carbocycles. The van der Waals surface area contributed by atoms with Gasteiger partial charge >= 0.3 is 0 Å². The lowest BCUT2D eigenvalue weighted by molar-refractivity contribution is 0.0362. The number of ether oxygens (including phenoxy) is 1. The molecule has 0 aromatic carbocycles. The molecule has 1 fully saturated rings. The van der Waals surface area contributed by atoms with Crippen LogP contribution in [0.4, 0.5) is 0 Å². The zero-order valence-corrected chi connectivity index (χ0v) is 9.93. The minimum atomic E-state index is 0.398. The van der Waals surface area contributed by atoms with E-state index in [9.17, 15) is 0 Å². The minimum absolute atomic E-state index is 0.398. The number of rotatable bonds is 1. The van der Waals surface area contributed by atoms with Gasteiger partial charge < -0.3 is 4.74 Å². The second-order valence-electron chi connectivity index (χ2n) is 4.47. The van der Waals surface area contributed by atoms with Crippen LogP contribution in [0.5, 0.6) is 0 Å². The van der Waals surface area contributed by atoms with Gasteiger partial charge in [0.05, 0.1) is 6.10 Å². The first kappa shape index (κ1) is 10.6. The van der Waals surface area contributed by atoms with Crippen molar-refractivity contribution in [2.24, 2.45) is 5.92 Å². The van der Waals surface area contributed by atoms with Crippen molar-refractivity contribution in [3.05, 3.63) is 12.2 Å². The average molecular weight is 212 g/mol. The van der Waals surface area contributed by atoms with E-state index in [1.165, 1.54) is 25.7 Å². The third-order valence-corrected chi connectivity index (χ3v) is 4.61. The lowest BCUT2D eigenvalue weighted by Crippen LogP contribution is -2.32. The predicted molar refractivity (Wildman–Crippen MR) is 62.5 cm³/mol. The van der Waals surface area contributed by atoms with Gasteiger partial charge in [-0.25, -0.2) is 0 Å². The van der Waals surface area contributed by atoms with Crippen LogP contribution in [0, 0.1) is 5.92 Å². The highest BCUT2D eigenvalue weighted by atomic mass is 32.2. The molecule has 0 aromatic rings. The second kappa shape index (κ2) is 4.71. The van der Waals surface area contributed by atoms with Crippen LogP contribution in [-0.2, 0) is 4.74 Å². The van der Waals surface area contributed by atoms with E-state index >= 15 is 0 Å².